The summed E-state index contributed by atoms with van der Waals surface area (Å²) in [6, 6.07) is 10.3. The number of aromatic nitrogens is 4. The fraction of sp³-hybridized carbons (Fsp3) is 0.522. The van der Waals surface area contributed by atoms with E-state index in [1.165, 1.54) is 17.4 Å². The third-order valence-corrected chi connectivity index (χ3v) is 15.9. The van der Waals surface area contributed by atoms with Crippen LogP contribution >= 0.6 is 11.3 Å². The number of likely N-dealkylation sites (tertiary alicyclic amines) is 2. The minimum Gasteiger partial charge on any atom is -0.357 e. The van der Waals surface area contributed by atoms with Gasteiger partial charge in [0.2, 0.25) is 39.6 Å². The number of carbonyl (C=O) groups excluding carboxylic acids is 4. The average molecular weight is 929 g/mol. The number of hydrogen-bond acceptors (Lipinski definition) is 13. The predicted molar refractivity (Wildman–Crippen MR) is 246 cm³/mol. The number of carbonyl (C=O) groups is 4. The smallest absolute Gasteiger partial charge is 0.234 e. The molecule has 346 valence electrons. The molecule has 1 aromatic carbocycles. The number of sulfonamides is 1. The Hall–Kier alpha value is -5.40. The number of anilines is 2. The van der Waals surface area contributed by atoms with E-state index < -0.39 is 21.1 Å². The van der Waals surface area contributed by atoms with Crippen molar-refractivity contribution in [2.45, 2.75) is 102 Å². The van der Waals surface area contributed by atoms with E-state index in [4.69, 9.17) is 15.1 Å². The summed E-state index contributed by atoms with van der Waals surface area (Å²) in [6.45, 7) is 9.18. The van der Waals surface area contributed by atoms with E-state index in [2.05, 4.69) is 25.5 Å². The number of thiazole rings is 1. The first-order valence-electron chi connectivity index (χ1n) is 22.7. The highest BCUT2D eigenvalue weighted by molar-refractivity contribution is 7.89. The number of nitrogens with zero attached hydrogens (tertiary/aromatic N) is 7. The lowest BCUT2D eigenvalue weighted by atomic mass is 9.90. The van der Waals surface area contributed by atoms with Crippen LogP contribution in [0.3, 0.4) is 0 Å². The Kier molecular flexibility index (Phi) is 13.9. The third kappa shape index (κ3) is 10.2. The highest BCUT2D eigenvalue weighted by Crippen LogP contribution is 2.43. The summed E-state index contributed by atoms with van der Waals surface area (Å²) in [5, 5.41) is 10.7. The molecule has 0 aliphatic carbocycles. The van der Waals surface area contributed by atoms with Crippen molar-refractivity contribution in [3.8, 4) is 21.8 Å². The normalized spacial score (nSPS) is 20.0. The Labute approximate surface area is 383 Å². The van der Waals surface area contributed by atoms with E-state index in [1.54, 1.807) is 37.5 Å². The average Bonchev–Trinajstić information content (AvgIpc) is 3.74. The van der Waals surface area contributed by atoms with Crippen LogP contribution in [0.1, 0.15) is 112 Å². The van der Waals surface area contributed by atoms with Gasteiger partial charge in [-0.25, -0.2) is 37.9 Å². The van der Waals surface area contributed by atoms with Crippen LogP contribution in [-0.2, 0) is 29.2 Å². The Morgan fingerprint density at radius 2 is 1.55 bits per heavy atom. The first-order valence-corrected chi connectivity index (χ1v) is 25.1. The fourth-order valence-electron chi connectivity index (χ4n) is 9.66. The molecule has 19 heteroatoms. The zero-order chi connectivity index (χ0) is 46.0. The first-order chi connectivity index (χ1) is 31.2. The number of rotatable bonds is 12. The number of amides is 4. The van der Waals surface area contributed by atoms with E-state index >= 15 is 4.39 Å². The van der Waals surface area contributed by atoms with Crippen molar-refractivity contribution in [1.29, 1.82) is 0 Å². The van der Waals surface area contributed by atoms with Gasteiger partial charge in [0.15, 0.2) is 0 Å². The number of hydrogen-bond donors (Lipinski definition) is 3. The van der Waals surface area contributed by atoms with Crippen LogP contribution in [0.4, 0.5) is 16.2 Å². The van der Waals surface area contributed by atoms with Crippen molar-refractivity contribution >= 4 is 56.8 Å². The molecule has 4 N–H and O–H groups in total. The number of primary sulfonamides is 1. The lowest BCUT2D eigenvalue weighted by Crippen LogP contribution is -2.48. The molecule has 4 saturated heterocycles. The molecule has 8 rings (SSSR count). The van der Waals surface area contributed by atoms with Gasteiger partial charge in [-0.15, -0.1) is 11.3 Å². The standard InChI is InChI=1S/C46H57FN10O6S2/c1-4-36(65(48,62)63)33-6-5-7-34(39(33)47)40-41(35-12-19-49-46(52-35)51-27(2)3)64-43(54-40)28-13-22-56(23-14-28)45(61)30-17-24-57(25-18-30)44(60)29-15-20-55(21-16-29)37-10-8-31(26-50-37)32-9-11-38(58)53-42(32)59/h5-8,10,12,19,26-30,32,36H,4,9,11,13-18,20-25H2,1-3H3,(H2,48,62,63)(H,49,51,52)(H,53,58,59). The number of pyridine rings is 1. The number of halogens is 1. The van der Waals surface area contributed by atoms with Crippen LogP contribution in [0, 0.1) is 17.7 Å². The lowest BCUT2D eigenvalue weighted by Gasteiger charge is -2.39. The van der Waals surface area contributed by atoms with Crippen LogP contribution in [0.5, 0.6) is 0 Å². The Morgan fingerprint density at radius 3 is 2.15 bits per heavy atom. The molecule has 65 heavy (non-hydrogen) atoms. The summed E-state index contributed by atoms with van der Waals surface area (Å²) in [5.74, 6) is -0.350. The van der Waals surface area contributed by atoms with Gasteiger partial charge in [0, 0.05) is 93.0 Å². The summed E-state index contributed by atoms with van der Waals surface area (Å²) >= 11 is 1.43. The zero-order valence-corrected chi connectivity index (χ0v) is 38.7. The number of nitrogens with two attached hydrogens (primary N) is 1. The number of piperidine rings is 4. The van der Waals surface area contributed by atoms with Crippen molar-refractivity contribution in [3.05, 3.63) is 70.7 Å². The maximum absolute atomic E-state index is 16.5. The number of nitrogens with one attached hydrogen (secondary N) is 2. The molecule has 0 radical (unpaired) electrons. The van der Waals surface area contributed by atoms with Crippen molar-refractivity contribution in [3.63, 3.8) is 0 Å². The molecule has 4 amide bonds. The van der Waals surface area contributed by atoms with Gasteiger partial charge in [-0.1, -0.05) is 25.1 Å². The SMILES string of the molecule is CCC(c1cccc(-c2nc(C3CCN(C(=O)C4CCN(C(=O)C5CCN(c6ccc(C7CCC(=O)NC7=O)cn6)CC5)CC4)CC3)sc2-c2ccnc(NC(C)C)n2)c1F)S(N)(=O)=O. The molecule has 16 nitrogen and oxygen atoms in total. The second-order valence-corrected chi connectivity index (χ2v) is 20.7. The van der Waals surface area contributed by atoms with E-state index in [0.717, 1.165) is 16.4 Å². The van der Waals surface area contributed by atoms with Crippen LogP contribution in [0.15, 0.2) is 48.8 Å². The van der Waals surface area contributed by atoms with Gasteiger partial charge in [0.05, 0.1) is 27.2 Å². The molecule has 4 aromatic rings. The van der Waals surface area contributed by atoms with Crippen LogP contribution < -0.4 is 20.7 Å². The van der Waals surface area contributed by atoms with E-state index in [9.17, 15) is 27.6 Å². The molecule has 3 aromatic heterocycles. The van der Waals surface area contributed by atoms with Crippen molar-refractivity contribution < 1.29 is 32.0 Å². The number of benzene rings is 1. The lowest BCUT2D eigenvalue weighted by molar-refractivity contribution is -0.143. The molecule has 0 saturated carbocycles. The fourth-order valence-corrected chi connectivity index (χ4v) is 11.9. The largest absolute Gasteiger partial charge is 0.357 e. The molecular weight excluding hydrogens is 872 g/mol. The van der Waals surface area contributed by atoms with Gasteiger partial charge < -0.3 is 20.0 Å². The zero-order valence-electron chi connectivity index (χ0n) is 37.0. The second-order valence-electron chi connectivity index (χ2n) is 17.9. The molecule has 4 fully saturated rings. The van der Waals surface area contributed by atoms with E-state index in [-0.39, 0.29) is 70.9 Å². The van der Waals surface area contributed by atoms with Crippen molar-refractivity contribution in [2.75, 3.05) is 49.5 Å². The summed E-state index contributed by atoms with van der Waals surface area (Å²) in [6.07, 6.45) is 8.24. The molecule has 4 aliphatic rings. The molecule has 2 unspecified atom stereocenters. The Balaban J connectivity index is 0.870. The second kappa shape index (κ2) is 19.6. The van der Waals surface area contributed by atoms with Crippen LogP contribution in [0.25, 0.3) is 21.8 Å². The third-order valence-electron chi connectivity index (χ3n) is 13.2. The molecule has 2 atom stereocenters. The maximum atomic E-state index is 16.5. The predicted octanol–water partition coefficient (Wildman–Crippen LogP) is 5.74. The van der Waals surface area contributed by atoms with Crippen molar-refractivity contribution in [2.24, 2.45) is 17.0 Å². The van der Waals surface area contributed by atoms with E-state index in [1.807, 2.05) is 35.8 Å². The Morgan fingerprint density at radius 1 is 0.892 bits per heavy atom. The summed E-state index contributed by atoms with van der Waals surface area (Å²) in [7, 11) is -4.08. The molecular formula is C46H57FN10O6S2. The van der Waals surface area contributed by atoms with Gasteiger partial charge in [-0.05, 0) is 89.0 Å². The first kappa shape index (κ1) is 46.1. The van der Waals surface area contributed by atoms with Crippen LogP contribution in [0.2, 0.25) is 0 Å². The number of imide groups is 1. The van der Waals surface area contributed by atoms with Gasteiger partial charge in [0.25, 0.3) is 0 Å². The monoisotopic (exact) mass is 928 g/mol. The molecule has 0 bridgehead atoms. The van der Waals surface area contributed by atoms with Crippen molar-refractivity contribution in [1.82, 2.24) is 35.1 Å². The summed E-state index contributed by atoms with van der Waals surface area (Å²) in [5.41, 5.74) is 1.87. The minimum atomic E-state index is -4.08. The van der Waals surface area contributed by atoms with Gasteiger partial charge in [-0.2, -0.15) is 0 Å². The maximum Gasteiger partial charge on any atom is 0.234 e. The summed E-state index contributed by atoms with van der Waals surface area (Å²) in [4.78, 5) is 76.8. The highest BCUT2D eigenvalue weighted by atomic mass is 32.2. The van der Waals surface area contributed by atoms with Crippen LogP contribution in [-0.4, -0.2) is 107 Å². The minimum absolute atomic E-state index is 0.00423. The quantitative estimate of drug-likeness (QED) is 0.145. The molecule has 0 spiro atoms. The topological polar surface area (TPSA) is 214 Å². The molecule has 7 heterocycles. The summed E-state index contributed by atoms with van der Waals surface area (Å²) < 4.78 is 41.4. The van der Waals surface area contributed by atoms with Gasteiger partial charge in [0.1, 0.15) is 16.9 Å². The van der Waals surface area contributed by atoms with E-state index in [0.29, 0.717) is 113 Å². The molecule has 4 aliphatic heterocycles. The van der Waals surface area contributed by atoms with Gasteiger partial charge in [-0.3, -0.25) is 24.5 Å². The Bertz CT molecular complexity index is 2510. The highest BCUT2D eigenvalue weighted by Gasteiger charge is 2.37. The van der Waals surface area contributed by atoms with Gasteiger partial charge >= 0.3 is 0 Å².